The van der Waals surface area contributed by atoms with Gasteiger partial charge in [0.2, 0.25) is 11.7 Å². The molecule has 1 N–H and O–H groups in total. The number of carbonyl (C=O) groups is 1. The Morgan fingerprint density at radius 1 is 1.00 bits per heavy atom. The van der Waals surface area contributed by atoms with Gasteiger partial charge in [0.25, 0.3) is 11.4 Å². The minimum Gasteiger partial charge on any atom is -0.334 e. The van der Waals surface area contributed by atoms with Crippen molar-refractivity contribution >= 4 is 11.6 Å². The van der Waals surface area contributed by atoms with Crippen molar-refractivity contribution in [2.45, 2.75) is 27.3 Å². The van der Waals surface area contributed by atoms with E-state index in [1.807, 2.05) is 63.2 Å². The van der Waals surface area contributed by atoms with Gasteiger partial charge in [-0.15, -0.1) is 0 Å². The predicted molar refractivity (Wildman–Crippen MR) is 119 cm³/mol. The van der Waals surface area contributed by atoms with Gasteiger partial charge in [-0.3, -0.25) is 9.59 Å². The fourth-order valence-electron chi connectivity index (χ4n) is 3.32. The highest BCUT2D eigenvalue weighted by atomic mass is 16.5. The molecule has 0 saturated heterocycles. The molecule has 156 valence electrons. The summed E-state index contributed by atoms with van der Waals surface area (Å²) in [5.74, 6) is 0.446. The Morgan fingerprint density at radius 2 is 1.81 bits per heavy atom. The van der Waals surface area contributed by atoms with Crippen LogP contribution in [0.15, 0.2) is 70.1 Å². The Balaban J connectivity index is 1.55. The van der Waals surface area contributed by atoms with Crippen LogP contribution in [-0.2, 0) is 11.3 Å². The lowest BCUT2D eigenvalue weighted by Gasteiger charge is -2.10. The highest BCUT2D eigenvalue weighted by Gasteiger charge is 2.13. The molecule has 0 radical (unpaired) electrons. The third-order valence-electron chi connectivity index (χ3n) is 4.90. The second-order valence-corrected chi connectivity index (χ2v) is 7.54. The highest BCUT2D eigenvalue weighted by Crippen LogP contribution is 2.22. The van der Waals surface area contributed by atoms with E-state index in [9.17, 15) is 9.59 Å². The van der Waals surface area contributed by atoms with Crippen LogP contribution < -0.4 is 10.9 Å². The van der Waals surface area contributed by atoms with Crippen molar-refractivity contribution in [2.24, 2.45) is 0 Å². The van der Waals surface area contributed by atoms with E-state index in [0.29, 0.717) is 11.4 Å². The number of pyridine rings is 1. The summed E-state index contributed by atoms with van der Waals surface area (Å²) in [6.45, 7) is 5.78. The lowest BCUT2D eigenvalue weighted by Crippen LogP contribution is -2.27. The summed E-state index contributed by atoms with van der Waals surface area (Å²) in [6, 6.07) is 16.5. The molecule has 0 saturated carbocycles. The van der Waals surface area contributed by atoms with Crippen LogP contribution in [0.3, 0.4) is 0 Å². The van der Waals surface area contributed by atoms with Crippen molar-refractivity contribution in [1.82, 2.24) is 14.7 Å². The van der Waals surface area contributed by atoms with Gasteiger partial charge in [0.05, 0.1) is 5.56 Å². The Hall–Kier alpha value is -4.00. The maximum Gasteiger partial charge on any atom is 0.259 e. The van der Waals surface area contributed by atoms with Gasteiger partial charge in [0.1, 0.15) is 6.54 Å². The zero-order chi connectivity index (χ0) is 22.0. The number of nitrogens with one attached hydrogen (secondary N) is 1. The molecule has 0 aliphatic heterocycles. The van der Waals surface area contributed by atoms with Crippen LogP contribution in [0.25, 0.3) is 22.8 Å². The summed E-state index contributed by atoms with van der Waals surface area (Å²) in [5, 5.41) is 6.89. The van der Waals surface area contributed by atoms with Crippen LogP contribution in [0, 0.1) is 20.8 Å². The molecule has 0 aliphatic carbocycles. The third kappa shape index (κ3) is 4.61. The monoisotopic (exact) mass is 414 g/mol. The van der Waals surface area contributed by atoms with E-state index in [4.69, 9.17) is 4.52 Å². The van der Waals surface area contributed by atoms with Crippen molar-refractivity contribution in [3.05, 3.63) is 87.8 Å². The second-order valence-electron chi connectivity index (χ2n) is 7.54. The van der Waals surface area contributed by atoms with Crippen LogP contribution in [0.5, 0.6) is 0 Å². The van der Waals surface area contributed by atoms with Crippen molar-refractivity contribution in [3.8, 4) is 22.8 Å². The summed E-state index contributed by atoms with van der Waals surface area (Å²) in [4.78, 5) is 29.2. The van der Waals surface area contributed by atoms with Gasteiger partial charge in [0, 0.05) is 23.5 Å². The van der Waals surface area contributed by atoms with E-state index < -0.39 is 0 Å². The standard InChI is InChI=1S/C24H22N4O3/c1-15-5-4-6-18(12-15)23-26-24(31-27-23)19-8-10-22(30)28(13-19)14-21(29)25-20-9-7-16(2)11-17(20)3/h4-13H,14H2,1-3H3,(H,25,29). The molecule has 0 aliphatic rings. The Morgan fingerprint density at radius 3 is 2.58 bits per heavy atom. The molecule has 2 heterocycles. The topological polar surface area (TPSA) is 90.0 Å². The van der Waals surface area contributed by atoms with Crippen LogP contribution in [0.4, 0.5) is 5.69 Å². The first kappa shape index (κ1) is 20.3. The van der Waals surface area contributed by atoms with E-state index in [1.54, 1.807) is 12.3 Å². The Labute approximate surface area is 179 Å². The number of nitrogens with zero attached hydrogens (tertiary/aromatic N) is 3. The first-order valence-corrected chi connectivity index (χ1v) is 9.88. The zero-order valence-corrected chi connectivity index (χ0v) is 17.5. The molecular formula is C24H22N4O3. The highest BCUT2D eigenvalue weighted by molar-refractivity contribution is 5.91. The largest absolute Gasteiger partial charge is 0.334 e. The summed E-state index contributed by atoms with van der Waals surface area (Å²) in [5.41, 5.74) is 5.00. The Bertz CT molecular complexity index is 1320. The van der Waals surface area contributed by atoms with Crippen molar-refractivity contribution in [2.75, 3.05) is 5.32 Å². The molecule has 0 unspecified atom stereocenters. The van der Waals surface area contributed by atoms with E-state index in [2.05, 4.69) is 15.5 Å². The lowest BCUT2D eigenvalue weighted by molar-refractivity contribution is -0.116. The molecule has 31 heavy (non-hydrogen) atoms. The number of amides is 1. The van der Waals surface area contributed by atoms with Gasteiger partial charge in [-0.25, -0.2) is 0 Å². The normalized spacial score (nSPS) is 10.8. The van der Waals surface area contributed by atoms with Gasteiger partial charge >= 0.3 is 0 Å². The zero-order valence-electron chi connectivity index (χ0n) is 17.5. The van der Waals surface area contributed by atoms with Crippen molar-refractivity contribution in [3.63, 3.8) is 0 Å². The molecule has 7 nitrogen and oxygen atoms in total. The van der Waals surface area contributed by atoms with Gasteiger partial charge in [-0.05, 0) is 44.5 Å². The van der Waals surface area contributed by atoms with Crippen LogP contribution >= 0.6 is 0 Å². The van der Waals surface area contributed by atoms with Gasteiger partial charge in [-0.2, -0.15) is 4.98 Å². The average Bonchev–Trinajstić information content (AvgIpc) is 3.22. The molecule has 4 rings (SSSR count). The minimum atomic E-state index is -0.294. The van der Waals surface area contributed by atoms with E-state index in [1.165, 1.54) is 10.6 Å². The minimum absolute atomic E-state index is 0.126. The SMILES string of the molecule is Cc1cccc(-c2noc(-c3ccc(=O)n(CC(=O)Nc4ccc(C)cc4C)c3)n2)c1. The number of rotatable bonds is 5. The van der Waals surface area contributed by atoms with Gasteiger partial charge < -0.3 is 14.4 Å². The summed E-state index contributed by atoms with van der Waals surface area (Å²) in [7, 11) is 0. The maximum absolute atomic E-state index is 12.5. The van der Waals surface area contributed by atoms with Crippen LogP contribution in [0.2, 0.25) is 0 Å². The summed E-state index contributed by atoms with van der Waals surface area (Å²) < 4.78 is 6.71. The van der Waals surface area contributed by atoms with Gasteiger partial charge in [-0.1, -0.05) is 46.6 Å². The Kier molecular flexibility index (Phi) is 5.49. The molecule has 0 bridgehead atoms. The maximum atomic E-state index is 12.5. The van der Waals surface area contributed by atoms with E-state index in [0.717, 1.165) is 27.9 Å². The fourth-order valence-corrected chi connectivity index (χ4v) is 3.32. The molecular weight excluding hydrogens is 392 g/mol. The summed E-state index contributed by atoms with van der Waals surface area (Å²) >= 11 is 0. The third-order valence-corrected chi connectivity index (χ3v) is 4.90. The first-order chi connectivity index (χ1) is 14.9. The van der Waals surface area contributed by atoms with Gasteiger partial charge in [0.15, 0.2) is 0 Å². The molecule has 0 atom stereocenters. The van der Waals surface area contributed by atoms with Crippen LogP contribution in [-0.4, -0.2) is 20.6 Å². The number of benzene rings is 2. The molecule has 7 heteroatoms. The van der Waals surface area contributed by atoms with E-state index in [-0.39, 0.29) is 23.9 Å². The number of aryl methyl sites for hydroxylation is 3. The number of carbonyl (C=O) groups excluding carboxylic acids is 1. The second kappa shape index (κ2) is 8.39. The number of hydrogen-bond donors (Lipinski definition) is 1. The molecule has 2 aromatic heterocycles. The molecule has 4 aromatic rings. The quantitative estimate of drug-likeness (QED) is 0.530. The lowest BCUT2D eigenvalue weighted by atomic mass is 10.1. The van der Waals surface area contributed by atoms with Crippen molar-refractivity contribution < 1.29 is 9.32 Å². The van der Waals surface area contributed by atoms with E-state index >= 15 is 0 Å². The van der Waals surface area contributed by atoms with Crippen molar-refractivity contribution in [1.29, 1.82) is 0 Å². The first-order valence-electron chi connectivity index (χ1n) is 9.88. The fraction of sp³-hybridized carbons (Fsp3) is 0.167. The number of anilines is 1. The molecule has 1 amide bonds. The average molecular weight is 414 g/mol. The molecule has 2 aromatic carbocycles. The predicted octanol–water partition coefficient (Wildman–Crippen LogP) is 4.13. The molecule has 0 fully saturated rings. The molecule has 0 spiro atoms. The summed E-state index contributed by atoms with van der Waals surface area (Å²) in [6.07, 6.45) is 1.55. The number of hydrogen-bond acceptors (Lipinski definition) is 5. The smallest absolute Gasteiger partial charge is 0.259 e. The van der Waals surface area contributed by atoms with Crippen LogP contribution in [0.1, 0.15) is 16.7 Å². The number of aromatic nitrogens is 3.